The zero-order chi connectivity index (χ0) is 14.7. The number of thiophene rings is 1. The lowest BCUT2D eigenvalue weighted by molar-refractivity contribution is 0.343. The molecule has 112 valence electrons. The van der Waals surface area contributed by atoms with Crippen molar-refractivity contribution in [1.29, 1.82) is 0 Å². The first-order valence-corrected chi connectivity index (χ1v) is 9.05. The van der Waals surface area contributed by atoms with E-state index in [4.69, 9.17) is 11.6 Å². The number of halogens is 1. The number of hydrogen-bond acceptors (Lipinski definition) is 2. The van der Waals surface area contributed by atoms with E-state index >= 15 is 0 Å². The van der Waals surface area contributed by atoms with Crippen molar-refractivity contribution >= 4 is 22.9 Å². The Morgan fingerprint density at radius 1 is 1.14 bits per heavy atom. The van der Waals surface area contributed by atoms with Gasteiger partial charge in [0.25, 0.3) is 0 Å². The minimum atomic E-state index is 0.343. The molecule has 0 amide bonds. The largest absolute Gasteiger partial charge is 0.302 e. The molecule has 3 heteroatoms. The summed E-state index contributed by atoms with van der Waals surface area (Å²) in [6.07, 6.45) is 5.46. The maximum absolute atomic E-state index is 5.99. The molecule has 3 rings (SSSR count). The molecule has 2 aromatic rings. The quantitative estimate of drug-likeness (QED) is 0.714. The second-order valence-corrected chi connectivity index (χ2v) is 7.39. The Hall–Kier alpha value is -0.830. The van der Waals surface area contributed by atoms with Crippen LogP contribution in [0.1, 0.15) is 55.1 Å². The van der Waals surface area contributed by atoms with Gasteiger partial charge in [-0.2, -0.15) is 0 Å². The van der Waals surface area contributed by atoms with Crippen LogP contribution in [0.15, 0.2) is 41.8 Å². The Balaban J connectivity index is 1.76. The first-order valence-electron chi connectivity index (χ1n) is 7.79. The Bertz CT molecular complexity index is 543. The number of rotatable bonds is 5. The second kappa shape index (κ2) is 6.95. The number of benzene rings is 1. The zero-order valence-electron chi connectivity index (χ0n) is 12.4. The van der Waals surface area contributed by atoms with Crippen molar-refractivity contribution in [2.24, 2.45) is 5.92 Å². The van der Waals surface area contributed by atoms with Crippen molar-refractivity contribution in [3.8, 4) is 0 Å². The van der Waals surface area contributed by atoms with E-state index in [1.807, 2.05) is 23.5 Å². The van der Waals surface area contributed by atoms with E-state index in [9.17, 15) is 0 Å². The third-order valence-electron chi connectivity index (χ3n) is 4.52. The van der Waals surface area contributed by atoms with Gasteiger partial charge in [-0.25, -0.2) is 0 Å². The molecule has 0 bridgehead atoms. The van der Waals surface area contributed by atoms with E-state index < -0.39 is 0 Å². The summed E-state index contributed by atoms with van der Waals surface area (Å²) < 4.78 is 0. The van der Waals surface area contributed by atoms with Crippen LogP contribution >= 0.6 is 22.9 Å². The summed E-state index contributed by atoms with van der Waals surface area (Å²) in [5.74, 6) is 0.776. The van der Waals surface area contributed by atoms with Gasteiger partial charge in [0.1, 0.15) is 0 Å². The summed E-state index contributed by atoms with van der Waals surface area (Å²) in [5.41, 5.74) is 1.30. The van der Waals surface area contributed by atoms with Crippen molar-refractivity contribution in [3.05, 3.63) is 57.2 Å². The summed E-state index contributed by atoms with van der Waals surface area (Å²) in [4.78, 5) is 1.47. The molecule has 1 aliphatic carbocycles. The molecule has 1 aromatic carbocycles. The fraction of sp³-hybridized carbons (Fsp3) is 0.444. The van der Waals surface area contributed by atoms with Gasteiger partial charge in [0, 0.05) is 22.0 Å². The summed E-state index contributed by atoms with van der Waals surface area (Å²) in [6.45, 7) is 2.25. The van der Waals surface area contributed by atoms with Gasteiger partial charge in [-0.05, 0) is 54.8 Å². The Morgan fingerprint density at radius 2 is 1.86 bits per heavy atom. The van der Waals surface area contributed by atoms with E-state index in [0.29, 0.717) is 12.1 Å². The smallest absolute Gasteiger partial charge is 0.0448 e. The monoisotopic (exact) mass is 319 g/mol. The molecule has 0 aliphatic heterocycles. The molecule has 1 aliphatic rings. The third kappa shape index (κ3) is 3.68. The van der Waals surface area contributed by atoms with E-state index in [2.05, 4.69) is 41.9 Å². The van der Waals surface area contributed by atoms with Crippen LogP contribution in [-0.2, 0) is 0 Å². The van der Waals surface area contributed by atoms with Crippen LogP contribution in [0.2, 0.25) is 5.02 Å². The van der Waals surface area contributed by atoms with Crippen molar-refractivity contribution < 1.29 is 0 Å². The molecular weight excluding hydrogens is 298 g/mol. The Morgan fingerprint density at radius 3 is 2.48 bits per heavy atom. The maximum atomic E-state index is 5.99. The van der Waals surface area contributed by atoms with Crippen LogP contribution in [0.5, 0.6) is 0 Å². The van der Waals surface area contributed by atoms with Crippen LogP contribution in [0, 0.1) is 5.92 Å². The highest BCUT2D eigenvalue weighted by molar-refractivity contribution is 7.10. The fourth-order valence-electron chi connectivity index (χ4n) is 3.33. The van der Waals surface area contributed by atoms with E-state index in [-0.39, 0.29) is 0 Å². The van der Waals surface area contributed by atoms with Gasteiger partial charge < -0.3 is 5.32 Å². The van der Waals surface area contributed by atoms with Gasteiger partial charge in [-0.1, -0.05) is 42.6 Å². The summed E-state index contributed by atoms with van der Waals surface area (Å²) in [5, 5.41) is 6.85. The molecule has 0 saturated heterocycles. The SMILES string of the molecule is C[C@H](NC(c1cccs1)C1CCCC1)c1ccc(Cl)cc1. The second-order valence-electron chi connectivity index (χ2n) is 5.98. The molecular formula is C18H22ClNS. The maximum Gasteiger partial charge on any atom is 0.0448 e. The molecule has 1 nitrogen and oxygen atoms in total. The van der Waals surface area contributed by atoms with Gasteiger partial charge in [0.2, 0.25) is 0 Å². The molecule has 1 fully saturated rings. The highest BCUT2D eigenvalue weighted by Crippen LogP contribution is 2.38. The Kier molecular flexibility index (Phi) is 4.99. The molecule has 0 spiro atoms. The number of nitrogens with one attached hydrogen (secondary N) is 1. The number of hydrogen-bond donors (Lipinski definition) is 1. The normalized spacial score (nSPS) is 18.8. The highest BCUT2D eigenvalue weighted by atomic mass is 35.5. The summed E-state index contributed by atoms with van der Waals surface area (Å²) >= 11 is 7.86. The van der Waals surface area contributed by atoms with Gasteiger partial charge in [0.15, 0.2) is 0 Å². The average molecular weight is 320 g/mol. The molecule has 1 aromatic heterocycles. The molecule has 1 saturated carbocycles. The predicted molar refractivity (Wildman–Crippen MR) is 92.0 cm³/mol. The van der Waals surface area contributed by atoms with Gasteiger partial charge in [-0.15, -0.1) is 11.3 Å². The molecule has 2 atom stereocenters. The van der Waals surface area contributed by atoms with Crippen molar-refractivity contribution in [1.82, 2.24) is 5.32 Å². The van der Waals surface area contributed by atoms with Crippen LogP contribution in [0.3, 0.4) is 0 Å². The zero-order valence-corrected chi connectivity index (χ0v) is 14.0. The van der Waals surface area contributed by atoms with Crippen LogP contribution in [0.4, 0.5) is 0 Å². The van der Waals surface area contributed by atoms with Crippen LogP contribution in [0.25, 0.3) is 0 Å². The molecule has 1 unspecified atom stereocenters. The standard InChI is InChI=1S/C18H22ClNS/c1-13(14-8-10-16(19)11-9-14)20-18(15-5-2-3-6-15)17-7-4-12-21-17/h4,7-13,15,18,20H,2-3,5-6H2,1H3/t13-,18?/m0/s1. The Labute approximate surface area is 136 Å². The summed E-state index contributed by atoms with van der Waals surface area (Å²) in [6, 6.07) is 13.5. The van der Waals surface area contributed by atoms with Crippen molar-refractivity contribution in [2.75, 3.05) is 0 Å². The average Bonchev–Trinajstić information content (AvgIpc) is 3.19. The molecule has 1 N–H and O–H groups in total. The summed E-state index contributed by atoms with van der Waals surface area (Å²) in [7, 11) is 0. The third-order valence-corrected chi connectivity index (χ3v) is 5.73. The van der Waals surface area contributed by atoms with E-state index in [0.717, 1.165) is 10.9 Å². The van der Waals surface area contributed by atoms with Gasteiger partial charge in [0.05, 0.1) is 0 Å². The van der Waals surface area contributed by atoms with E-state index in [1.54, 1.807) is 0 Å². The first kappa shape index (κ1) is 15.1. The minimum absolute atomic E-state index is 0.343. The van der Waals surface area contributed by atoms with Crippen molar-refractivity contribution in [3.63, 3.8) is 0 Å². The highest BCUT2D eigenvalue weighted by Gasteiger charge is 2.28. The minimum Gasteiger partial charge on any atom is -0.302 e. The molecule has 0 radical (unpaired) electrons. The van der Waals surface area contributed by atoms with E-state index in [1.165, 1.54) is 36.1 Å². The lowest BCUT2D eigenvalue weighted by Crippen LogP contribution is -2.29. The lowest BCUT2D eigenvalue weighted by atomic mass is 9.95. The fourth-order valence-corrected chi connectivity index (χ4v) is 4.33. The van der Waals surface area contributed by atoms with Crippen LogP contribution in [-0.4, -0.2) is 0 Å². The lowest BCUT2D eigenvalue weighted by Gasteiger charge is -2.28. The van der Waals surface area contributed by atoms with Crippen molar-refractivity contribution in [2.45, 2.75) is 44.7 Å². The first-order chi connectivity index (χ1) is 10.2. The van der Waals surface area contributed by atoms with Crippen LogP contribution < -0.4 is 5.32 Å². The predicted octanol–water partition coefficient (Wildman–Crippen LogP) is 5.98. The molecule has 1 heterocycles. The topological polar surface area (TPSA) is 12.0 Å². The van der Waals surface area contributed by atoms with Gasteiger partial charge in [-0.3, -0.25) is 0 Å². The molecule has 21 heavy (non-hydrogen) atoms. The van der Waals surface area contributed by atoms with Gasteiger partial charge >= 0.3 is 0 Å².